The topological polar surface area (TPSA) is 55.5 Å². The molecule has 0 saturated carbocycles. The van der Waals surface area contributed by atoms with E-state index in [0.717, 1.165) is 0 Å². The van der Waals surface area contributed by atoms with E-state index in [1.54, 1.807) is 0 Å². The molecule has 4 heteroatoms. The van der Waals surface area contributed by atoms with E-state index in [2.05, 4.69) is 11.2 Å². The van der Waals surface area contributed by atoms with E-state index in [4.69, 9.17) is 10.8 Å². The van der Waals surface area contributed by atoms with Gasteiger partial charge in [-0.15, -0.1) is 0 Å². The van der Waals surface area contributed by atoms with Crippen LogP contribution in [0.2, 0.25) is 0 Å². The molecule has 1 atom stereocenters. The Balaban J connectivity index is 2.98. The Morgan fingerprint density at radius 3 is 2.71 bits per heavy atom. The first-order valence-corrected chi connectivity index (χ1v) is 1.80. The Kier molecular flexibility index (Phi) is 3.69. The normalized spacial score (nSPS) is 12.9. The number of hydrogen-bond donors (Lipinski definition) is 2. The largest absolute Gasteiger partial charge is 0.486 e. The van der Waals surface area contributed by atoms with Crippen LogP contribution in [0.4, 0.5) is 0 Å². The first-order chi connectivity index (χ1) is 3.31. The van der Waals surface area contributed by atoms with Gasteiger partial charge in [0.1, 0.15) is 6.23 Å². The summed E-state index contributed by atoms with van der Waals surface area (Å²) in [5.41, 5.74) is 5.05. The summed E-state index contributed by atoms with van der Waals surface area (Å²) in [7, 11) is 0.534. The lowest BCUT2D eigenvalue weighted by atomic mass is 10.4. The van der Waals surface area contributed by atoms with Crippen molar-refractivity contribution in [3.63, 3.8) is 0 Å². The smallest absolute Gasteiger partial charge is 0.429 e. The van der Waals surface area contributed by atoms with Crippen molar-refractivity contribution < 1.29 is 9.68 Å². The van der Waals surface area contributed by atoms with E-state index in [1.807, 2.05) is 0 Å². The fourth-order valence-corrected chi connectivity index (χ4v) is 0.126. The zero-order valence-electron chi connectivity index (χ0n) is 3.87. The third-order valence-corrected chi connectivity index (χ3v) is 0.450. The van der Waals surface area contributed by atoms with Crippen molar-refractivity contribution in [1.29, 1.82) is 0 Å². The summed E-state index contributed by atoms with van der Waals surface area (Å²) in [5.74, 6) is 0. The standard InChI is InChI=1S/C3H7BNO2/c1-2-3(5)7-4-6/h2-3,6H,1,5H2. The summed E-state index contributed by atoms with van der Waals surface area (Å²) >= 11 is 0. The second kappa shape index (κ2) is 3.86. The van der Waals surface area contributed by atoms with Gasteiger partial charge in [0.25, 0.3) is 0 Å². The lowest BCUT2D eigenvalue weighted by Crippen LogP contribution is -2.22. The van der Waals surface area contributed by atoms with E-state index in [0.29, 0.717) is 7.69 Å². The van der Waals surface area contributed by atoms with Crippen LogP contribution in [0, 0.1) is 0 Å². The van der Waals surface area contributed by atoms with Gasteiger partial charge in [0.2, 0.25) is 0 Å². The van der Waals surface area contributed by atoms with Crippen LogP contribution >= 0.6 is 0 Å². The average molecular weight is 99.9 g/mol. The Morgan fingerprint density at radius 2 is 2.57 bits per heavy atom. The van der Waals surface area contributed by atoms with Gasteiger partial charge in [-0.05, 0) is 0 Å². The molecule has 0 spiro atoms. The first-order valence-electron chi connectivity index (χ1n) is 1.80. The summed E-state index contributed by atoms with van der Waals surface area (Å²) in [6.07, 6.45) is 0.775. The van der Waals surface area contributed by atoms with Crippen LogP contribution in [0.3, 0.4) is 0 Å². The maximum absolute atomic E-state index is 7.89. The van der Waals surface area contributed by atoms with E-state index in [1.165, 1.54) is 6.08 Å². The van der Waals surface area contributed by atoms with Crippen LogP contribution < -0.4 is 5.73 Å². The van der Waals surface area contributed by atoms with Crippen molar-refractivity contribution in [2.75, 3.05) is 0 Å². The third kappa shape index (κ3) is 3.52. The highest BCUT2D eigenvalue weighted by Crippen LogP contribution is 1.76. The summed E-state index contributed by atoms with van der Waals surface area (Å²) in [6, 6.07) is 0. The molecular formula is C3H7BNO2. The molecule has 0 aromatic carbocycles. The minimum atomic E-state index is -0.593. The molecule has 0 bridgehead atoms. The quantitative estimate of drug-likeness (QED) is 0.271. The Labute approximate surface area is 43.1 Å². The molecule has 0 fully saturated rings. The van der Waals surface area contributed by atoms with E-state index < -0.39 is 6.23 Å². The van der Waals surface area contributed by atoms with Gasteiger partial charge in [-0.1, -0.05) is 12.7 Å². The predicted molar refractivity (Wildman–Crippen MR) is 27.2 cm³/mol. The van der Waals surface area contributed by atoms with Gasteiger partial charge >= 0.3 is 7.69 Å². The fourth-order valence-electron chi connectivity index (χ4n) is 0.126. The van der Waals surface area contributed by atoms with Crippen LogP contribution in [-0.4, -0.2) is 18.9 Å². The van der Waals surface area contributed by atoms with Crippen LogP contribution in [-0.2, 0) is 4.65 Å². The Hall–Kier alpha value is -0.315. The second-order valence-electron chi connectivity index (χ2n) is 0.942. The summed E-state index contributed by atoms with van der Waals surface area (Å²) in [6.45, 7) is 3.30. The number of hydrogen-bond acceptors (Lipinski definition) is 3. The maximum Gasteiger partial charge on any atom is 0.486 e. The molecule has 0 aromatic heterocycles. The molecule has 0 aliphatic rings. The molecule has 3 nitrogen and oxygen atoms in total. The molecule has 0 aliphatic heterocycles. The molecule has 0 rings (SSSR count). The van der Waals surface area contributed by atoms with E-state index in [9.17, 15) is 0 Å². The van der Waals surface area contributed by atoms with Crippen molar-refractivity contribution in [1.82, 2.24) is 0 Å². The van der Waals surface area contributed by atoms with Gasteiger partial charge in [-0.25, -0.2) is 0 Å². The minimum Gasteiger partial charge on any atom is -0.429 e. The molecule has 7 heavy (non-hydrogen) atoms. The molecule has 0 heterocycles. The van der Waals surface area contributed by atoms with Gasteiger partial charge in [0.05, 0.1) is 0 Å². The van der Waals surface area contributed by atoms with Crippen LogP contribution in [0.5, 0.6) is 0 Å². The van der Waals surface area contributed by atoms with Gasteiger partial charge in [0.15, 0.2) is 0 Å². The summed E-state index contributed by atoms with van der Waals surface area (Å²) in [5, 5.41) is 7.89. The molecule has 0 amide bonds. The predicted octanol–water partition coefficient (Wildman–Crippen LogP) is -1.000. The number of rotatable bonds is 3. The average Bonchev–Trinajstić information content (AvgIpc) is 1.68. The molecule has 1 radical (unpaired) electrons. The van der Waals surface area contributed by atoms with Crippen molar-refractivity contribution in [3.8, 4) is 0 Å². The second-order valence-corrected chi connectivity index (χ2v) is 0.942. The maximum atomic E-state index is 7.89. The van der Waals surface area contributed by atoms with Gasteiger partial charge < -0.3 is 15.4 Å². The van der Waals surface area contributed by atoms with Crippen molar-refractivity contribution >= 4 is 7.69 Å². The van der Waals surface area contributed by atoms with E-state index >= 15 is 0 Å². The van der Waals surface area contributed by atoms with Crippen LogP contribution in [0.1, 0.15) is 0 Å². The Morgan fingerprint density at radius 1 is 2.00 bits per heavy atom. The molecule has 39 valence electrons. The SMILES string of the molecule is C=CC(N)O[B]O. The molecular weight excluding hydrogens is 92.8 g/mol. The highest BCUT2D eigenvalue weighted by Gasteiger charge is 1.91. The highest BCUT2D eigenvalue weighted by molar-refractivity contribution is 6.15. The van der Waals surface area contributed by atoms with Crippen LogP contribution in [0.15, 0.2) is 12.7 Å². The molecule has 0 aromatic rings. The Bertz CT molecular complexity index is 58.9. The monoisotopic (exact) mass is 100 g/mol. The molecule has 1 unspecified atom stereocenters. The number of nitrogens with two attached hydrogens (primary N) is 1. The first kappa shape index (κ1) is 6.68. The van der Waals surface area contributed by atoms with Crippen molar-refractivity contribution in [3.05, 3.63) is 12.7 Å². The van der Waals surface area contributed by atoms with Crippen molar-refractivity contribution in [2.45, 2.75) is 6.23 Å². The van der Waals surface area contributed by atoms with Gasteiger partial charge in [-0.2, -0.15) is 0 Å². The van der Waals surface area contributed by atoms with Gasteiger partial charge in [0, 0.05) is 0 Å². The lowest BCUT2D eigenvalue weighted by Gasteiger charge is -2.00. The summed E-state index contributed by atoms with van der Waals surface area (Å²) < 4.78 is 4.28. The molecule has 0 aliphatic carbocycles. The zero-order valence-corrected chi connectivity index (χ0v) is 3.87. The minimum absolute atomic E-state index is 0.534. The van der Waals surface area contributed by atoms with E-state index in [-0.39, 0.29) is 0 Å². The van der Waals surface area contributed by atoms with Gasteiger partial charge in [-0.3, -0.25) is 0 Å². The molecule has 0 saturated heterocycles. The molecule has 3 N–H and O–H groups in total. The highest BCUT2D eigenvalue weighted by atomic mass is 16.5. The summed E-state index contributed by atoms with van der Waals surface area (Å²) in [4.78, 5) is 0. The zero-order chi connectivity index (χ0) is 5.70. The third-order valence-electron chi connectivity index (χ3n) is 0.450. The fraction of sp³-hybridized carbons (Fsp3) is 0.333. The van der Waals surface area contributed by atoms with Crippen LogP contribution in [0.25, 0.3) is 0 Å². The lowest BCUT2D eigenvalue weighted by molar-refractivity contribution is 0.233. The van der Waals surface area contributed by atoms with Crippen molar-refractivity contribution in [2.24, 2.45) is 5.73 Å².